The highest BCUT2D eigenvalue weighted by molar-refractivity contribution is 5.15. The van der Waals surface area contributed by atoms with Gasteiger partial charge in [-0.1, -0.05) is 6.07 Å². The molecule has 0 radical (unpaired) electrons. The van der Waals surface area contributed by atoms with E-state index in [1.54, 1.807) is 0 Å². The highest BCUT2D eigenvalue weighted by Gasteiger charge is 2.20. The summed E-state index contributed by atoms with van der Waals surface area (Å²) in [6, 6.07) is 6.68. The van der Waals surface area contributed by atoms with Crippen LogP contribution in [0.5, 0.6) is 5.88 Å². The molecule has 118 valence electrons. The third-order valence-electron chi connectivity index (χ3n) is 3.95. The second-order valence-electron chi connectivity index (χ2n) is 6.98. The topological polar surface area (TPSA) is 37.4 Å². The maximum absolute atomic E-state index is 5.82. The first kappa shape index (κ1) is 16.2. The summed E-state index contributed by atoms with van der Waals surface area (Å²) in [5.74, 6) is 0.740. The van der Waals surface area contributed by atoms with E-state index in [1.165, 1.54) is 19.4 Å². The Morgan fingerprint density at radius 3 is 2.86 bits per heavy atom. The predicted octanol–water partition coefficient (Wildman–Crippen LogP) is 2.83. The van der Waals surface area contributed by atoms with Gasteiger partial charge in [0.1, 0.15) is 0 Å². The first-order chi connectivity index (χ1) is 9.94. The van der Waals surface area contributed by atoms with Gasteiger partial charge in [-0.3, -0.25) is 0 Å². The summed E-state index contributed by atoms with van der Waals surface area (Å²) in [6.45, 7) is 9.21. The molecule has 1 N–H and O–H groups in total. The maximum atomic E-state index is 5.82. The molecular weight excluding hydrogens is 262 g/mol. The molecule has 4 heteroatoms. The Labute approximate surface area is 128 Å². The largest absolute Gasteiger partial charge is 0.478 e. The standard InChI is InChI=1S/C17H29N3O/c1-17(2,3)18-13-14-7-5-9-16(19-14)21-12-10-15-8-6-11-20(15)4/h5,7,9,15,18H,6,8,10-13H2,1-4H3. The average Bonchev–Trinajstić information content (AvgIpc) is 2.82. The van der Waals surface area contributed by atoms with Crippen LogP contribution in [0, 0.1) is 0 Å². The van der Waals surface area contributed by atoms with Gasteiger partial charge in [0.15, 0.2) is 0 Å². The SMILES string of the molecule is CN1CCCC1CCOc1cccc(CNC(C)(C)C)n1. The third-order valence-corrected chi connectivity index (χ3v) is 3.95. The van der Waals surface area contributed by atoms with E-state index in [4.69, 9.17) is 4.74 Å². The number of nitrogens with zero attached hydrogens (tertiary/aromatic N) is 2. The molecule has 2 heterocycles. The van der Waals surface area contributed by atoms with E-state index in [-0.39, 0.29) is 5.54 Å². The highest BCUT2D eigenvalue weighted by atomic mass is 16.5. The fraction of sp³-hybridized carbons (Fsp3) is 0.706. The lowest BCUT2D eigenvalue weighted by molar-refractivity contribution is 0.228. The Morgan fingerprint density at radius 1 is 1.38 bits per heavy atom. The Morgan fingerprint density at radius 2 is 2.19 bits per heavy atom. The van der Waals surface area contributed by atoms with Crippen LogP contribution in [0.4, 0.5) is 0 Å². The van der Waals surface area contributed by atoms with Crippen molar-refractivity contribution >= 4 is 0 Å². The summed E-state index contributed by atoms with van der Waals surface area (Å²) in [5, 5.41) is 3.45. The minimum atomic E-state index is 0.103. The molecule has 0 amide bonds. The number of aromatic nitrogens is 1. The molecule has 4 nitrogen and oxygen atoms in total. The zero-order valence-electron chi connectivity index (χ0n) is 13.9. The number of ether oxygens (including phenoxy) is 1. The number of likely N-dealkylation sites (tertiary alicyclic amines) is 1. The molecule has 0 aliphatic carbocycles. The number of hydrogen-bond donors (Lipinski definition) is 1. The van der Waals surface area contributed by atoms with Gasteiger partial charge in [0, 0.05) is 24.2 Å². The first-order valence-corrected chi connectivity index (χ1v) is 7.98. The van der Waals surface area contributed by atoms with Gasteiger partial charge < -0.3 is 15.0 Å². The zero-order valence-corrected chi connectivity index (χ0v) is 13.9. The Hall–Kier alpha value is -1.13. The van der Waals surface area contributed by atoms with Crippen molar-refractivity contribution in [1.29, 1.82) is 0 Å². The minimum absolute atomic E-state index is 0.103. The van der Waals surface area contributed by atoms with Crippen molar-refractivity contribution in [2.24, 2.45) is 0 Å². The van der Waals surface area contributed by atoms with Crippen molar-refractivity contribution in [2.45, 2.75) is 58.2 Å². The zero-order chi connectivity index (χ0) is 15.3. The molecule has 1 aliphatic heterocycles. The molecule has 1 aromatic rings. The fourth-order valence-electron chi connectivity index (χ4n) is 2.64. The van der Waals surface area contributed by atoms with E-state index in [1.807, 2.05) is 18.2 Å². The molecule has 1 fully saturated rings. The van der Waals surface area contributed by atoms with Gasteiger partial charge in [-0.2, -0.15) is 0 Å². The van der Waals surface area contributed by atoms with Gasteiger partial charge in [0.25, 0.3) is 0 Å². The van der Waals surface area contributed by atoms with Crippen LogP contribution in [0.1, 0.15) is 45.7 Å². The van der Waals surface area contributed by atoms with E-state index in [0.717, 1.165) is 31.1 Å². The Bertz CT molecular complexity index is 442. The molecule has 1 saturated heterocycles. The molecule has 2 rings (SSSR count). The van der Waals surface area contributed by atoms with E-state index < -0.39 is 0 Å². The van der Waals surface area contributed by atoms with E-state index in [9.17, 15) is 0 Å². The van der Waals surface area contributed by atoms with Crippen molar-refractivity contribution in [3.8, 4) is 5.88 Å². The van der Waals surface area contributed by atoms with Crippen molar-refractivity contribution in [3.05, 3.63) is 23.9 Å². The van der Waals surface area contributed by atoms with Gasteiger partial charge in [-0.25, -0.2) is 4.98 Å². The second kappa shape index (κ2) is 7.23. The first-order valence-electron chi connectivity index (χ1n) is 7.98. The molecular formula is C17H29N3O. The van der Waals surface area contributed by atoms with E-state index in [0.29, 0.717) is 6.04 Å². The van der Waals surface area contributed by atoms with Crippen LogP contribution in [0.15, 0.2) is 18.2 Å². The average molecular weight is 291 g/mol. The minimum Gasteiger partial charge on any atom is -0.478 e. The molecule has 0 aromatic carbocycles. The quantitative estimate of drug-likeness (QED) is 0.874. The van der Waals surface area contributed by atoms with Crippen LogP contribution >= 0.6 is 0 Å². The van der Waals surface area contributed by atoms with Crippen LogP contribution < -0.4 is 10.1 Å². The van der Waals surface area contributed by atoms with Crippen molar-refractivity contribution in [1.82, 2.24) is 15.2 Å². The van der Waals surface area contributed by atoms with Gasteiger partial charge >= 0.3 is 0 Å². The van der Waals surface area contributed by atoms with Gasteiger partial charge in [0.2, 0.25) is 5.88 Å². The van der Waals surface area contributed by atoms with Crippen LogP contribution in [0.3, 0.4) is 0 Å². The highest BCUT2D eigenvalue weighted by Crippen LogP contribution is 2.18. The van der Waals surface area contributed by atoms with Crippen LogP contribution in [-0.2, 0) is 6.54 Å². The summed E-state index contributed by atoms with van der Waals surface area (Å²) < 4.78 is 5.82. The molecule has 1 aliphatic rings. The molecule has 21 heavy (non-hydrogen) atoms. The van der Waals surface area contributed by atoms with Crippen LogP contribution in [-0.4, -0.2) is 41.7 Å². The van der Waals surface area contributed by atoms with Gasteiger partial charge in [-0.15, -0.1) is 0 Å². The summed E-state index contributed by atoms with van der Waals surface area (Å²) in [4.78, 5) is 6.99. The number of pyridine rings is 1. The fourth-order valence-corrected chi connectivity index (χ4v) is 2.64. The molecule has 1 atom stereocenters. The van der Waals surface area contributed by atoms with Crippen molar-refractivity contribution in [3.63, 3.8) is 0 Å². The number of nitrogens with one attached hydrogen (secondary N) is 1. The smallest absolute Gasteiger partial charge is 0.213 e. The molecule has 1 aromatic heterocycles. The summed E-state index contributed by atoms with van der Waals surface area (Å²) in [6.07, 6.45) is 3.69. The monoisotopic (exact) mass is 291 g/mol. The molecule has 0 saturated carbocycles. The van der Waals surface area contributed by atoms with Crippen molar-refractivity contribution < 1.29 is 4.74 Å². The number of hydrogen-bond acceptors (Lipinski definition) is 4. The molecule has 0 spiro atoms. The maximum Gasteiger partial charge on any atom is 0.213 e. The van der Waals surface area contributed by atoms with E-state index >= 15 is 0 Å². The lowest BCUT2D eigenvalue weighted by Crippen LogP contribution is -2.35. The van der Waals surface area contributed by atoms with Crippen molar-refractivity contribution in [2.75, 3.05) is 20.2 Å². The summed E-state index contributed by atoms with van der Waals surface area (Å²) in [5.41, 5.74) is 1.13. The number of rotatable bonds is 6. The normalized spacial score (nSPS) is 19.9. The van der Waals surface area contributed by atoms with Crippen LogP contribution in [0.25, 0.3) is 0 Å². The second-order valence-corrected chi connectivity index (χ2v) is 6.98. The predicted molar refractivity (Wildman–Crippen MR) is 86.6 cm³/mol. The summed E-state index contributed by atoms with van der Waals surface area (Å²) in [7, 11) is 2.20. The van der Waals surface area contributed by atoms with Crippen LogP contribution in [0.2, 0.25) is 0 Å². The van der Waals surface area contributed by atoms with Gasteiger partial charge in [0.05, 0.1) is 12.3 Å². The Kier molecular flexibility index (Phi) is 5.59. The van der Waals surface area contributed by atoms with E-state index in [2.05, 4.69) is 43.0 Å². The molecule has 1 unspecified atom stereocenters. The lowest BCUT2D eigenvalue weighted by atomic mass is 10.1. The molecule has 0 bridgehead atoms. The Balaban J connectivity index is 1.78. The summed E-state index contributed by atoms with van der Waals surface area (Å²) >= 11 is 0. The lowest BCUT2D eigenvalue weighted by Gasteiger charge is -2.20. The van der Waals surface area contributed by atoms with Gasteiger partial charge in [-0.05, 0) is 59.7 Å². The third kappa shape index (κ3) is 5.64.